The van der Waals surface area contributed by atoms with Crippen LogP contribution in [0.25, 0.3) is 11.4 Å². The Kier molecular flexibility index (Phi) is 6.47. The molecule has 0 saturated carbocycles. The number of benzene rings is 2. The molecular formula is C25H29N3O2. The van der Waals surface area contributed by atoms with E-state index in [2.05, 4.69) is 27.9 Å². The molecule has 30 heavy (non-hydrogen) atoms. The SMILES string of the molecule is COc1ccc(CCC(=O)N2CCC(Cn3ccnc3-c3ccccc3)CC2)cc1. The normalized spacial score (nSPS) is 14.6. The third-order valence-electron chi connectivity index (χ3n) is 5.96. The van der Waals surface area contributed by atoms with Crippen molar-refractivity contribution >= 4 is 5.91 Å². The maximum Gasteiger partial charge on any atom is 0.222 e. The van der Waals surface area contributed by atoms with E-state index in [0.717, 1.165) is 56.0 Å². The molecule has 1 fully saturated rings. The molecule has 0 N–H and O–H groups in total. The van der Waals surface area contributed by atoms with E-state index in [9.17, 15) is 4.79 Å². The second-order valence-electron chi connectivity index (χ2n) is 7.94. The predicted molar refractivity (Wildman–Crippen MR) is 118 cm³/mol. The number of rotatable bonds is 7. The smallest absolute Gasteiger partial charge is 0.222 e. The van der Waals surface area contributed by atoms with Crippen LogP contribution >= 0.6 is 0 Å². The first-order valence-corrected chi connectivity index (χ1v) is 10.7. The summed E-state index contributed by atoms with van der Waals surface area (Å²) in [5, 5.41) is 0. The highest BCUT2D eigenvalue weighted by Gasteiger charge is 2.23. The summed E-state index contributed by atoms with van der Waals surface area (Å²) in [7, 11) is 1.66. The summed E-state index contributed by atoms with van der Waals surface area (Å²) in [6.07, 6.45) is 7.37. The van der Waals surface area contributed by atoms with Crippen LogP contribution in [-0.4, -0.2) is 40.6 Å². The van der Waals surface area contributed by atoms with Gasteiger partial charge in [0.2, 0.25) is 5.91 Å². The molecule has 0 bridgehead atoms. The topological polar surface area (TPSA) is 47.4 Å². The first kappa shape index (κ1) is 20.2. The van der Waals surface area contributed by atoms with E-state index in [1.807, 2.05) is 53.6 Å². The summed E-state index contributed by atoms with van der Waals surface area (Å²) in [6, 6.07) is 18.3. The quantitative estimate of drug-likeness (QED) is 0.586. The van der Waals surface area contributed by atoms with Crippen molar-refractivity contribution in [1.29, 1.82) is 0 Å². The number of hydrogen-bond donors (Lipinski definition) is 0. The van der Waals surface area contributed by atoms with Crippen LogP contribution in [0.3, 0.4) is 0 Å². The number of aromatic nitrogens is 2. The average molecular weight is 404 g/mol. The number of amides is 1. The lowest BCUT2D eigenvalue weighted by Crippen LogP contribution is -2.39. The van der Waals surface area contributed by atoms with Gasteiger partial charge >= 0.3 is 0 Å². The van der Waals surface area contributed by atoms with Gasteiger partial charge in [0.25, 0.3) is 0 Å². The lowest BCUT2D eigenvalue weighted by Gasteiger charge is -2.32. The Morgan fingerprint density at radius 2 is 1.80 bits per heavy atom. The highest BCUT2D eigenvalue weighted by Crippen LogP contribution is 2.24. The number of nitrogens with zero attached hydrogens (tertiary/aromatic N) is 3. The summed E-state index contributed by atoms with van der Waals surface area (Å²) >= 11 is 0. The molecule has 0 radical (unpaired) electrons. The van der Waals surface area contributed by atoms with E-state index >= 15 is 0 Å². The summed E-state index contributed by atoms with van der Waals surface area (Å²) in [6.45, 7) is 2.65. The molecular weight excluding hydrogens is 374 g/mol. The van der Waals surface area contributed by atoms with Crippen LogP contribution in [0.5, 0.6) is 5.75 Å². The first-order chi connectivity index (χ1) is 14.7. The Hall–Kier alpha value is -3.08. The summed E-state index contributed by atoms with van der Waals surface area (Å²) < 4.78 is 7.44. The van der Waals surface area contributed by atoms with Gasteiger partial charge < -0.3 is 14.2 Å². The van der Waals surface area contributed by atoms with Crippen LogP contribution in [0, 0.1) is 5.92 Å². The third-order valence-corrected chi connectivity index (χ3v) is 5.96. The fourth-order valence-corrected chi connectivity index (χ4v) is 4.15. The van der Waals surface area contributed by atoms with E-state index in [1.54, 1.807) is 7.11 Å². The molecule has 1 aliphatic rings. The van der Waals surface area contributed by atoms with Gasteiger partial charge in [-0.3, -0.25) is 4.79 Å². The number of ether oxygens (including phenoxy) is 1. The van der Waals surface area contributed by atoms with Gasteiger partial charge in [-0.15, -0.1) is 0 Å². The molecule has 1 aromatic heterocycles. The second-order valence-corrected chi connectivity index (χ2v) is 7.94. The van der Waals surface area contributed by atoms with Gasteiger partial charge in [-0.1, -0.05) is 42.5 Å². The van der Waals surface area contributed by atoms with Gasteiger partial charge in [0.1, 0.15) is 11.6 Å². The van der Waals surface area contributed by atoms with Crippen molar-refractivity contribution < 1.29 is 9.53 Å². The second kappa shape index (κ2) is 9.61. The average Bonchev–Trinajstić information content (AvgIpc) is 3.27. The largest absolute Gasteiger partial charge is 0.497 e. The number of hydrogen-bond acceptors (Lipinski definition) is 3. The molecule has 156 valence electrons. The minimum atomic E-state index is 0.261. The number of carbonyl (C=O) groups is 1. The van der Waals surface area contributed by atoms with Gasteiger partial charge in [0.15, 0.2) is 0 Å². The van der Waals surface area contributed by atoms with Gasteiger partial charge in [0.05, 0.1) is 7.11 Å². The van der Waals surface area contributed by atoms with Crippen LogP contribution in [0.2, 0.25) is 0 Å². The summed E-state index contributed by atoms with van der Waals surface area (Å²) in [5.41, 5.74) is 2.32. The summed E-state index contributed by atoms with van der Waals surface area (Å²) in [5.74, 6) is 2.71. The van der Waals surface area contributed by atoms with Crippen molar-refractivity contribution in [3.63, 3.8) is 0 Å². The Bertz CT molecular complexity index is 942. The number of methoxy groups -OCH3 is 1. The first-order valence-electron chi connectivity index (χ1n) is 10.7. The monoisotopic (exact) mass is 403 g/mol. The van der Waals surface area contributed by atoms with E-state index in [-0.39, 0.29) is 5.91 Å². The van der Waals surface area contributed by atoms with E-state index in [1.165, 1.54) is 5.56 Å². The minimum absolute atomic E-state index is 0.261. The number of likely N-dealkylation sites (tertiary alicyclic amines) is 1. The molecule has 2 aromatic carbocycles. The third kappa shape index (κ3) is 4.90. The Labute approximate surface area is 178 Å². The van der Waals surface area contributed by atoms with Crippen molar-refractivity contribution in [3.05, 3.63) is 72.6 Å². The van der Waals surface area contributed by atoms with Crippen molar-refractivity contribution in [2.24, 2.45) is 5.92 Å². The van der Waals surface area contributed by atoms with Gasteiger partial charge in [0, 0.05) is 44.0 Å². The standard InChI is InChI=1S/C25H29N3O2/c1-30-23-10-7-20(8-11-23)9-12-24(29)27-16-13-21(14-17-27)19-28-18-15-26-25(28)22-5-3-2-4-6-22/h2-8,10-11,15,18,21H,9,12-14,16-17,19H2,1H3. The van der Waals surface area contributed by atoms with Crippen molar-refractivity contribution in [3.8, 4) is 17.1 Å². The van der Waals surface area contributed by atoms with Crippen molar-refractivity contribution in [2.45, 2.75) is 32.2 Å². The van der Waals surface area contributed by atoms with Gasteiger partial charge in [-0.05, 0) is 42.9 Å². The number of imidazole rings is 1. The highest BCUT2D eigenvalue weighted by atomic mass is 16.5. The van der Waals surface area contributed by atoms with Crippen molar-refractivity contribution in [2.75, 3.05) is 20.2 Å². The van der Waals surface area contributed by atoms with Crippen LogP contribution in [0.4, 0.5) is 0 Å². The molecule has 1 amide bonds. The van der Waals surface area contributed by atoms with E-state index in [0.29, 0.717) is 12.3 Å². The Morgan fingerprint density at radius 3 is 2.50 bits per heavy atom. The molecule has 0 spiro atoms. The van der Waals surface area contributed by atoms with Gasteiger partial charge in [-0.2, -0.15) is 0 Å². The number of aryl methyl sites for hydroxylation is 1. The Morgan fingerprint density at radius 1 is 1.07 bits per heavy atom. The van der Waals surface area contributed by atoms with Crippen LogP contribution in [0.15, 0.2) is 67.0 Å². The zero-order valence-electron chi connectivity index (χ0n) is 17.5. The molecule has 4 rings (SSSR count). The molecule has 3 aromatic rings. The van der Waals surface area contributed by atoms with Crippen LogP contribution < -0.4 is 4.74 Å². The Balaban J connectivity index is 1.26. The number of carbonyl (C=O) groups excluding carboxylic acids is 1. The number of piperidine rings is 1. The van der Waals surface area contributed by atoms with E-state index < -0.39 is 0 Å². The highest BCUT2D eigenvalue weighted by molar-refractivity contribution is 5.76. The fourth-order valence-electron chi connectivity index (χ4n) is 4.15. The molecule has 1 saturated heterocycles. The molecule has 1 aliphatic heterocycles. The fraction of sp³-hybridized carbons (Fsp3) is 0.360. The summed E-state index contributed by atoms with van der Waals surface area (Å²) in [4.78, 5) is 19.2. The maximum absolute atomic E-state index is 12.6. The molecule has 0 aliphatic carbocycles. The molecule has 2 heterocycles. The van der Waals surface area contributed by atoms with Gasteiger partial charge in [-0.25, -0.2) is 4.98 Å². The maximum atomic E-state index is 12.6. The molecule has 0 atom stereocenters. The van der Waals surface area contributed by atoms with Crippen LogP contribution in [-0.2, 0) is 17.8 Å². The van der Waals surface area contributed by atoms with E-state index in [4.69, 9.17) is 4.74 Å². The zero-order valence-corrected chi connectivity index (χ0v) is 17.5. The zero-order chi connectivity index (χ0) is 20.8. The molecule has 5 nitrogen and oxygen atoms in total. The minimum Gasteiger partial charge on any atom is -0.497 e. The molecule has 5 heteroatoms. The predicted octanol–water partition coefficient (Wildman–Crippen LogP) is 4.43. The molecule has 0 unspecified atom stereocenters. The van der Waals surface area contributed by atoms with Crippen LogP contribution in [0.1, 0.15) is 24.8 Å². The van der Waals surface area contributed by atoms with Crippen molar-refractivity contribution in [1.82, 2.24) is 14.5 Å². The lowest BCUT2D eigenvalue weighted by atomic mass is 9.96. The lowest BCUT2D eigenvalue weighted by molar-refractivity contribution is -0.132.